The van der Waals surface area contributed by atoms with Crippen LogP contribution in [0.5, 0.6) is 0 Å². The van der Waals surface area contributed by atoms with Crippen molar-refractivity contribution in [1.82, 2.24) is 0 Å². The van der Waals surface area contributed by atoms with Crippen molar-refractivity contribution in [2.75, 3.05) is 18.1 Å². The summed E-state index contributed by atoms with van der Waals surface area (Å²) in [5, 5.41) is 10.7. The Morgan fingerprint density at radius 1 is 1.31 bits per heavy atom. The van der Waals surface area contributed by atoms with E-state index in [2.05, 4.69) is 15.4 Å². The Kier molecular flexibility index (Phi) is 11.2. The lowest BCUT2D eigenvalue weighted by molar-refractivity contribution is -0.161. The fourth-order valence-electron chi connectivity index (χ4n) is 3.72. The average molecular weight is 510 g/mol. The number of halogens is 1. The van der Waals surface area contributed by atoms with E-state index in [-0.39, 0.29) is 11.7 Å². The van der Waals surface area contributed by atoms with Gasteiger partial charge in [-0.1, -0.05) is 45.7 Å². The first kappa shape index (κ1) is 28.4. The second-order valence-corrected chi connectivity index (χ2v) is 11.7. The van der Waals surface area contributed by atoms with E-state index in [1.807, 2.05) is 26.8 Å². The van der Waals surface area contributed by atoms with Crippen LogP contribution in [0.4, 0.5) is 5.69 Å². The highest BCUT2D eigenvalue weighted by Crippen LogP contribution is 2.40. The van der Waals surface area contributed by atoms with Crippen LogP contribution in [-0.2, 0) is 34.0 Å². The Balaban J connectivity index is 0.000000920. The number of cyclic esters (lactones) is 1. The van der Waals surface area contributed by atoms with Crippen molar-refractivity contribution >= 4 is 42.7 Å². The number of rotatable bonds is 9. The fourth-order valence-corrected chi connectivity index (χ4v) is 4.13. The van der Waals surface area contributed by atoms with Crippen molar-refractivity contribution in [3.63, 3.8) is 0 Å². The summed E-state index contributed by atoms with van der Waals surface area (Å²) in [5.74, 6) is -0.692. The fraction of sp³-hybridized carbons (Fsp3) is 0.571. The topological polar surface area (TPSA) is 119 Å². The van der Waals surface area contributed by atoms with E-state index in [0.29, 0.717) is 17.7 Å². The molecule has 1 aliphatic rings. The molecular formula is C21H32ClNO7S2. The summed E-state index contributed by atoms with van der Waals surface area (Å²) in [7, 11) is 2.65. The molecule has 182 valence electrons. The molecule has 1 heterocycles. The van der Waals surface area contributed by atoms with E-state index in [4.69, 9.17) is 8.92 Å². The normalized spacial score (nSPS) is 17.6. The average Bonchev–Trinajstić information content (AvgIpc) is 2.66. The molecular weight excluding hydrogens is 478 g/mol. The highest BCUT2D eigenvalue weighted by molar-refractivity contribution is 8.13. The third kappa shape index (κ3) is 9.09. The van der Waals surface area contributed by atoms with Gasteiger partial charge in [0.25, 0.3) is 11.3 Å². The van der Waals surface area contributed by atoms with E-state index >= 15 is 0 Å². The number of esters is 1. The first-order valence-corrected chi connectivity index (χ1v) is 14.0. The number of hydrogen-bond donors (Lipinski definition) is 2. The van der Waals surface area contributed by atoms with E-state index in [0.717, 1.165) is 37.5 Å². The van der Waals surface area contributed by atoms with Gasteiger partial charge in [0, 0.05) is 28.7 Å². The first-order chi connectivity index (χ1) is 14.9. The molecule has 0 radical (unpaired) electrons. The number of benzene rings is 1. The molecule has 2 atom stereocenters. The van der Waals surface area contributed by atoms with Crippen molar-refractivity contribution in [3.8, 4) is 0 Å². The largest absolute Gasteiger partial charge is 0.512 e. The summed E-state index contributed by atoms with van der Waals surface area (Å²) in [6, 6.07) is 7.20. The number of anilines is 1. The maximum atomic E-state index is 12.8. The predicted octanol–water partition coefficient (Wildman–Crippen LogP) is 4.71. The van der Waals surface area contributed by atoms with Gasteiger partial charge in [-0.25, -0.2) is 17.4 Å². The third-order valence-electron chi connectivity index (χ3n) is 4.91. The summed E-state index contributed by atoms with van der Waals surface area (Å²) in [4.78, 5) is 12.8. The minimum Gasteiger partial charge on any atom is -0.512 e. The van der Waals surface area contributed by atoms with Gasteiger partial charge in [0.2, 0.25) is 9.05 Å². The number of aliphatic hydroxyl groups is 1. The van der Waals surface area contributed by atoms with Gasteiger partial charge in [-0.15, -0.1) is 0 Å². The Hall–Kier alpha value is -1.62. The lowest BCUT2D eigenvalue weighted by atomic mass is 9.82. The molecule has 0 amide bonds. The molecule has 1 aromatic carbocycles. The van der Waals surface area contributed by atoms with Gasteiger partial charge in [-0.2, -0.15) is 0 Å². The molecule has 32 heavy (non-hydrogen) atoms. The number of aliphatic hydroxyl groups excluding tert-OH is 1. The number of hydrogen-bond acceptors (Lipinski definition) is 7. The second-order valence-electron chi connectivity index (χ2n) is 7.64. The second kappa shape index (κ2) is 12.6. The van der Waals surface area contributed by atoms with Crippen LogP contribution >= 0.6 is 10.7 Å². The summed E-state index contributed by atoms with van der Waals surface area (Å²) < 4.78 is 43.6. The van der Waals surface area contributed by atoms with Crippen LogP contribution in [0.3, 0.4) is 0 Å². The minimum atomic E-state index is -3.19. The highest BCUT2D eigenvalue weighted by Gasteiger charge is 2.42. The van der Waals surface area contributed by atoms with Crippen molar-refractivity contribution < 1.29 is 31.4 Å². The Morgan fingerprint density at radius 2 is 1.88 bits per heavy atom. The SMILES string of the molecule is CCCC1(CCC)CC(O)=C(C(C)c2cccc(NS(=O)OC)c2)C(=O)O1.CS(=O)(=O)Cl. The van der Waals surface area contributed by atoms with Gasteiger partial charge in [0.15, 0.2) is 0 Å². The molecule has 0 spiro atoms. The molecule has 0 aromatic heterocycles. The number of carbonyl (C=O) groups excluding carboxylic acids is 1. The Labute approximate surface area is 197 Å². The van der Waals surface area contributed by atoms with E-state index in [1.165, 1.54) is 7.11 Å². The molecule has 0 bridgehead atoms. The third-order valence-corrected chi connectivity index (χ3v) is 5.62. The zero-order chi connectivity index (χ0) is 24.5. The van der Waals surface area contributed by atoms with Gasteiger partial charge in [-0.05, 0) is 30.5 Å². The lowest BCUT2D eigenvalue weighted by Crippen LogP contribution is -2.41. The number of ether oxygens (including phenoxy) is 1. The Bertz CT molecular complexity index is 933. The monoisotopic (exact) mass is 509 g/mol. The molecule has 11 heteroatoms. The quantitative estimate of drug-likeness (QED) is 0.365. The summed E-state index contributed by atoms with van der Waals surface area (Å²) in [6.07, 6.45) is 4.52. The zero-order valence-corrected chi connectivity index (χ0v) is 21.4. The van der Waals surface area contributed by atoms with E-state index in [9.17, 15) is 22.5 Å². The minimum absolute atomic E-state index is 0.111. The molecule has 0 fully saturated rings. The van der Waals surface area contributed by atoms with E-state index < -0.39 is 31.9 Å². The predicted molar refractivity (Wildman–Crippen MR) is 127 cm³/mol. The van der Waals surface area contributed by atoms with Crippen LogP contribution < -0.4 is 4.72 Å². The molecule has 0 saturated heterocycles. The zero-order valence-electron chi connectivity index (χ0n) is 19.0. The maximum absolute atomic E-state index is 12.8. The van der Waals surface area contributed by atoms with Crippen molar-refractivity contribution in [3.05, 3.63) is 41.2 Å². The highest BCUT2D eigenvalue weighted by atomic mass is 35.7. The summed E-state index contributed by atoms with van der Waals surface area (Å²) in [5.41, 5.74) is 1.11. The standard InChI is InChI=1S/C20H29NO5S.CH3ClO2S/c1-5-10-20(11-6-2)13-17(22)18(19(23)26-20)14(3)15-8-7-9-16(12-15)21-27(24)25-4;1-5(2,3)4/h7-9,12,14,21-22H,5-6,10-11,13H2,1-4H3;1H3. The van der Waals surface area contributed by atoms with Crippen molar-refractivity contribution in [2.45, 2.75) is 64.4 Å². The van der Waals surface area contributed by atoms with Gasteiger partial charge in [0.1, 0.15) is 11.4 Å². The van der Waals surface area contributed by atoms with E-state index in [1.54, 1.807) is 18.2 Å². The maximum Gasteiger partial charge on any atom is 0.338 e. The van der Waals surface area contributed by atoms with Crippen LogP contribution in [0, 0.1) is 0 Å². The van der Waals surface area contributed by atoms with Crippen molar-refractivity contribution in [1.29, 1.82) is 0 Å². The molecule has 2 unspecified atom stereocenters. The van der Waals surface area contributed by atoms with Gasteiger partial charge in [0.05, 0.1) is 18.9 Å². The van der Waals surface area contributed by atoms with Crippen molar-refractivity contribution in [2.24, 2.45) is 0 Å². The Morgan fingerprint density at radius 3 is 2.34 bits per heavy atom. The molecule has 1 aliphatic heterocycles. The van der Waals surface area contributed by atoms with Crippen LogP contribution in [-0.4, -0.2) is 42.7 Å². The molecule has 1 aromatic rings. The van der Waals surface area contributed by atoms with Gasteiger partial charge in [-0.3, -0.25) is 8.91 Å². The van der Waals surface area contributed by atoms with Crippen LogP contribution in [0.2, 0.25) is 0 Å². The molecule has 2 N–H and O–H groups in total. The number of nitrogens with one attached hydrogen (secondary N) is 1. The van der Waals surface area contributed by atoms with Crippen LogP contribution in [0.25, 0.3) is 0 Å². The smallest absolute Gasteiger partial charge is 0.338 e. The summed E-state index contributed by atoms with van der Waals surface area (Å²) >= 11 is -1.64. The van der Waals surface area contributed by atoms with Crippen LogP contribution in [0.1, 0.15) is 64.4 Å². The molecule has 8 nitrogen and oxygen atoms in total. The van der Waals surface area contributed by atoms with Crippen LogP contribution in [0.15, 0.2) is 35.6 Å². The molecule has 2 rings (SSSR count). The van der Waals surface area contributed by atoms with Gasteiger partial charge >= 0.3 is 5.97 Å². The molecule has 0 saturated carbocycles. The molecule has 0 aliphatic carbocycles. The van der Waals surface area contributed by atoms with Gasteiger partial charge < -0.3 is 9.84 Å². The summed E-state index contributed by atoms with van der Waals surface area (Å²) in [6.45, 7) is 5.95. The first-order valence-electron chi connectivity index (χ1n) is 10.2. The lowest BCUT2D eigenvalue weighted by Gasteiger charge is -2.38. The number of carbonyl (C=O) groups is 1.